The number of aromatic nitrogens is 1. The lowest BCUT2D eigenvalue weighted by molar-refractivity contribution is -0.116. The van der Waals surface area contributed by atoms with Gasteiger partial charge in [-0.1, -0.05) is 29.8 Å². The summed E-state index contributed by atoms with van der Waals surface area (Å²) in [5.41, 5.74) is 3.90. The molecule has 8 heteroatoms. The number of benzene rings is 3. The number of hydrogen-bond acceptors (Lipinski definition) is 3. The third kappa shape index (κ3) is 4.17. The minimum Gasteiger partial charge on any atom is -0.478 e. The molecule has 1 aliphatic rings. The van der Waals surface area contributed by atoms with Crippen LogP contribution in [0, 0.1) is 5.82 Å². The normalized spacial score (nSPS) is 15.0. The molecular formula is C29H20ClFN2O4. The lowest BCUT2D eigenvalue weighted by Gasteiger charge is -2.11. The quantitative estimate of drug-likeness (QED) is 0.267. The number of nitrogens with one attached hydrogen (secondary N) is 1. The second-order valence-electron chi connectivity index (χ2n) is 9.05. The summed E-state index contributed by atoms with van der Waals surface area (Å²) in [6.45, 7) is 0.458. The van der Waals surface area contributed by atoms with Crippen molar-refractivity contribution in [2.45, 2.75) is 18.9 Å². The minimum atomic E-state index is -1.07. The largest absolute Gasteiger partial charge is 0.478 e. The van der Waals surface area contributed by atoms with Crippen molar-refractivity contribution in [1.29, 1.82) is 0 Å². The highest BCUT2D eigenvalue weighted by atomic mass is 35.5. The molecular weight excluding hydrogens is 495 g/mol. The van der Waals surface area contributed by atoms with Crippen LogP contribution in [0.3, 0.4) is 0 Å². The number of nitrogens with zero attached hydrogens (tertiary/aromatic N) is 1. The average Bonchev–Trinajstić information content (AvgIpc) is 3.45. The Balaban J connectivity index is 1.46. The molecule has 2 aromatic heterocycles. The summed E-state index contributed by atoms with van der Waals surface area (Å²) in [5, 5.41) is 13.6. The number of halogens is 2. The van der Waals surface area contributed by atoms with Crippen LogP contribution in [0.25, 0.3) is 22.2 Å². The van der Waals surface area contributed by atoms with Crippen molar-refractivity contribution in [3.05, 3.63) is 112 Å². The minimum absolute atomic E-state index is 0.0938. The molecule has 0 spiro atoms. The van der Waals surface area contributed by atoms with Crippen LogP contribution in [0.2, 0.25) is 5.02 Å². The van der Waals surface area contributed by atoms with Crippen LogP contribution >= 0.6 is 11.6 Å². The fourth-order valence-electron chi connectivity index (χ4n) is 5.00. The molecule has 2 N–H and O–H groups in total. The Labute approximate surface area is 215 Å². The van der Waals surface area contributed by atoms with Crippen LogP contribution in [0.15, 0.2) is 83.4 Å². The van der Waals surface area contributed by atoms with Crippen LogP contribution in [-0.4, -0.2) is 21.6 Å². The molecule has 6 rings (SSSR count). The molecule has 184 valence electrons. The van der Waals surface area contributed by atoms with Gasteiger partial charge in [0, 0.05) is 30.1 Å². The molecule has 0 aliphatic carbocycles. The molecule has 1 amide bonds. The maximum absolute atomic E-state index is 13.8. The van der Waals surface area contributed by atoms with E-state index in [-0.39, 0.29) is 23.7 Å². The van der Waals surface area contributed by atoms with Gasteiger partial charge in [-0.2, -0.15) is 0 Å². The van der Waals surface area contributed by atoms with Crippen LogP contribution in [-0.2, 0) is 11.3 Å². The number of carboxylic acid groups (broad SMARTS) is 1. The van der Waals surface area contributed by atoms with Crippen LogP contribution in [0.1, 0.15) is 39.6 Å². The predicted molar refractivity (Wildman–Crippen MR) is 139 cm³/mol. The molecule has 0 fully saturated rings. The molecule has 1 aliphatic heterocycles. The Morgan fingerprint density at radius 2 is 1.95 bits per heavy atom. The molecule has 0 saturated carbocycles. The maximum Gasteiger partial charge on any atom is 0.335 e. The van der Waals surface area contributed by atoms with Gasteiger partial charge in [-0.3, -0.25) is 4.79 Å². The zero-order valence-corrected chi connectivity index (χ0v) is 20.1. The van der Waals surface area contributed by atoms with Crippen molar-refractivity contribution in [2.24, 2.45) is 0 Å². The Morgan fingerprint density at radius 1 is 1.11 bits per heavy atom. The fraction of sp³-hybridized carbons (Fsp3) is 0.103. The summed E-state index contributed by atoms with van der Waals surface area (Å²) >= 11 is 6.36. The van der Waals surface area contributed by atoms with Gasteiger partial charge in [0.15, 0.2) is 0 Å². The molecule has 0 radical (unpaired) electrons. The number of aromatic carboxylic acids is 1. The van der Waals surface area contributed by atoms with Crippen molar-refractivity contribution >= 4 is 40.1 Å². The molecule has 3 heterocycles. The van der Waals surface area contributed by atoms with E-state index in [0.717, 1.165) is 22.0 Å². The number of amides is 1. The number of anilines is 1. The highest BCUT2D eigenvalue weighted by Crippen LogP contribution is 2.42. The van der Waals surface area contributed by atoms with Crippen molar-refractivity contribution in [3.63, 3.8) is 0 Å². The third-order valence-electron chi connectivity index (χ3n) is 6.67. The lowest BCUT2D eigenvalue weighted by atomic mass is 9.93. The monoisotopic (exact) mass is 514 g/mol. The Kier molecular flexibility index (Phi) is 5.57. The van der Waals surface area contributed by atoms with E-state index in [4.69, 9.17) is 16.0 Å². The van der Waals surface area contributed by atoms with Gasteiger partial charge in [0.25, 0.3) is 0 Å². The number of rotatable bonds is 5. The second kappa shape index (κ2) is 8.94. The van der Waals surface area contributed by atoms with Crippen molar-refractivity contribution in [1.82, 2.24) is 4.57 Å². The average molecular weight is 515 g/mol. The van der Waals surface area contributed by atoms with Gasteiger partial charge in [0.1, 0.15) is 17.3 Å². The van der Waals surface area contributed by atoms with E-state index in [0.29, 0.717) is 34.3 Å². The van der Waals surface area contributed by atoms with Crippen molar-refractivity contribution in [3.8, 4) is 11.3 Å². The van der Waals surface area contributed by atoms with E-state index in [9.17, 15) is 19.1 Å². The van der Waals surface area contributed by atoms with Crippen LogP contribution in [0.4, 0.5) is 10.1 Å². The fourth-order valence-corrected chi connectivity index (χ4v) is 5.21. The molecule has 0 bridgehead atoms. The van der Waals surface area contributed by atoms with Crippen molar-refractivity contribution < 1.29 is 23.5 Å². The summed E-state index contributed by atoms with van der Waals surface area (Å²) in [5.74, 6) is -0.928. The summed E-state index contributed by atoms with van der Waals surface area (Å²) in [6, 6.07) is 20.1. The summed E-state index contributed by atoms with van der Waals surface area (Å²) in [6.07, 6.45) is 2.15. The lowest BCUT2D eigenvalue weighted by Crippen LogP contribution is -2.13. The van der Waals surface area contributed by atoms with E-state index >= 15 is 0 Å². The Bertz CT molecular complexity index is 1700. The second-order valence-corrected chi connectivity index (χ2v) is 9.46. The molecule has 3 aromatic carbocycles. The Hall–Kier alpha value is -4.36. The first-order chi connectivity index (χ1) is 17.9. The zero-order valence-electron chi connectivity index (χ0n) is 19.4. The molecule has 6 nitrogen and oxygen atoms in total. The maximum atomic E-state index is 13.8. The summed E-state index contributed by atoms with van der Waals surface area (Å²) in [7, 11) is 0. The predicted octanol–water partition coefficient (Wildman–Crippen LogP) is 6.91. The highest BCUT2D eigenvalue weighted by Gasteiger charge is 2.30. The molecule has 0 unspecified atom stereocenters. The van der Waals surface area contributed by atoms with Gasteiger partial charge in [-0.05, 0) is 65.7 Å². The highest BCUT2D eigenvalue weighted by molar-refractivity contribution is 6.33. The van der Waals surface area contributed by atoms with E-state index < -0.39 is 11.9 Å². The van der Waals surface area contributed by atoms with E-state index in [1.807, 2.05) is 35.0 Å². The van der Waals surface area contributed by atoms with Crippen LogP contribution < -0.4 is 5.32 Å². The summed E-state index contributed by atoms with van der Waals surface area (Å²) in [4.78, 5) is 24.3. The summed E-state index contributed by atoms with van der Waals surface area (Å²) < 4.78 is 22.1. The number of carboxylic acids is 1. The van der Waals surface area contributed by atoms with Gasteiger partial charge < -0.3 is 19.4 Å². The van der Waals surface area contributed by atoms with E-state index in [1.54, 1.807) is 18.2 Å². The SMILES string of the molecule is O=C1C[C@@H](c2ccc(-c3cc(C(=O)O)ccc3Cl)o2)c2cn(Cc3cccc(F)c3)c3cccc(c23)N1. The number of carbonyl (C=O) groups is 2. The molecule has 37 heavy (non-hydrogen) atoms. The van der Waals surface area contributed by atoms with Gasteiger partial charge in [-0.15, -0.1) is 0 Å². The topological polar surface area (TPSA) is 84.5 Å². The number of carbonyl (C=O) groups excluding carboxylic acids is 1. The third-order valence-corrected chi connectivity index (χ3v) is 7.00. The molecule has 0 saturated heterocycles. The van der Waals surface area contributed by atoms with E-state index in [1.165, 1.54) is 30.3 Å². The first-order valence-electron chi connectivity index (χ1n) is 11.7. The smallest absolute Gasteiger partial charge is 0.335 e. The van der Waals surface area contributed by atoms with Gasteiger partial charge in [0.05, 0.1) is 27.7 Å². The Morgan fingerprint density at radius 3 is 2.76 bits per heavy atom. The first kappa shape index (κ1) is 23.1. The van der Waals surface area contributed by atoms with Gasteiger partial charge in [0.2, 0.25) is 5.91 Å². The van der Waals surface area contributed by atoms with Gasteiger partial charge >= 0.3 is 5.97 Å². The van der Waals surface area contributed by atoms with Crippen molar-refractivity contribution in [2.75, 3.05) is 5.32 Å². The first-order valence-corrected chi connectivity index (χ1v) is 12.0. The zero-order chi connectivity index (χ0) is 25.7. The number of hydrogen-bond donors (Lipinski definition) is 2. The van der Waals surface area contributed by atoms with Crippen LogP contribution in [0.5, 0.6) is 0 Å². The molecule has 5 aromatic rings. The molecule has 1 atom stereocenters. The number of furan rings is 1. The van der Waals surface area contributed by atoms with Gasteiger partial charge in [-0.25, -0.2) is 9.18 Å². The standard InChI is InChI=1S/C29H20ClFN2O4/c30-22-8-7-17(29(35)36)12-20(22)26-10-9-25(37-26)19-13-27(34)32-23-5-2-6-24-28(23)21(19)15-33(24)14-16-3-1-4-18(31)11-16/h1-12,15,19H,13-14H2,(H,32,34)(H,35,36)/t19-/m1/s1. The van der Waals surface area contributed by atoms with E-state index in [2.05, 4.69) is 5.32 Å².